The van der Waals surface area contributed by atoms with Crippen LogP contribution in [0.5, 0.6) is 5.75 Å². The molecule has 1 aromatic carbocycles. The van der Waals surface area contributed by atoms with Crippen LogP contribution in [0.1, 0.15) is 19.4 Å². The number of benzene rings is 1. The van der Waals surface area contributed by atoms with Crippen molar-refractivity contribution in [2.45, 2.75) is 31.0 Å². The second kappa shape index (κ2) is 6.75. The number of hydrogen-bond donors (Lipinski definition) is 2. The Labute approximate surface area is 131 Å². The molecule has 0 amide bonds. The number of carboxylic acid groups (broad SMARTS) is 1. The molecular weight excluding hydrogens is 339 g/mol. The van der Waals surface area contributed by atoms with Crippen LogP contribution in [0, 0.1) is 5.92 Å². The molecule has 0 fully saturated rings. The van der Waals surface area contributed by atoms with Crippen molar-refractivity contribution in [2.75, 3.05) is 7.11 Å². The fourth-order valence-corrected chi connectivity index (χ4v) is 3.11. The molecule has 130 valence electrons. The molecule has 0 aromatic heterocycles. The third-order valence-electron chi connectivity index (χ3n) is 2.97. The van der Waals surface area contributed by atoms with E-state index in [0.717, 1.165) is 13.2 Å². The standard InChI is InChI=1S/C13H16F3NO5S/c1-7(2)11(12(18)19)17-23(20,21)10-5-8(13(14,15)16)4-9(6-10)22-3/h4-7,11,17H,1-3H3,(H,18,19)/t11-/m0/s1. The summed E-state index contributed by atoms with van der Waals surface area (Å²) in [6.45, 7) is 2.93. The Balaban J connectivity index is 3.35. The first-order chi connectivity index (χ1) is 10.4. The highest BCUT2D eigenvalue weighted by atomic mass is 32.2. The van der Waals surface area contributed by atoms with Crippen molar-refractivity contribution in [1.82, 2.24) is 4.72 Å². The topological polar surface area (TPSA) is 92.7 Å². The van der Waals surface area contributed by atoms with Gasteiger partial charge in [-0.05, 0) is 18.1 Å². The number of methoxy groups -OCH3 is 1. The van der Waals surface area contributed by atoms with Crippen LogP contribution in [0.25, 0.3) is 0 Å². The molecule has 1 atom stereocenters. The lowest BCUT2D eigenvalue weighted by molar-refractivity contribution is -0.140. The molecule has 0 bridgehead atoms. The summed E-state index contributed by atoms with van der Waals surface area (Å²) < 4.78 is 69.4. The first-order valence-electron chi connectivity index (χ1n) is 6.40. The zero-order valence-corrected chi connectivity index (χ0v) is 13.3. The third-order valence-corrected chi connectivity index (χ3v) is 4.39. The van der Waals surface area contributed by atoms with Crippen molar-refractivity contribution < 1.29 is 36.2 Å². The third kappa shape index (κ3) is 4.83. The maximum atomic E-state index is 12.8. The van der Waals surface area contributed by atoms with Crippen LogP contribution < -0.4 is 9.46 Å². The Morgan fingerprint density at radius 2 is 1.83 bits per heavy atom. The minimum atomic E-state index is -4.77. The van der Waals surface area contributed by atoms with E-state index in [1.165, 1.54) is 13.8 Å². The van der Waals surface area contributed by atoms with Crippen LogP contribution in [0.3, 0.4) is 0 Å². The molecule has 0 unspecified atom stereocenters. The maximum absolute atomic E-state index is 12.8. The Bertz CT molecular complexity index is 685. The second-order valence-corrected chi connectivity index (χ2v) is 6.79. The van der Waals surface area contributed by atoms with E-state index in [1.54, 1.807) is 0 Å². The molecule has 0 radical (unpaired) electrons. The highest BCUT2D eigenvalue weighted by Crippen LogP contribution is 2.33. The molecule has 1 aromatic rings. The fourth-order valence-electron chi connectivity index (χ4n) is 1.72. The number of aliphatic carboxylic acids is 1. The van der Waals surface area contributed by atoms with Crippen molar-refractivity contribution in [3.05, 3.63) is 23.8 Å². The van der Waals surface area contributed by atoms with Gasteiger partial charge >= 0.3 is 12.1 Å². The lowest BCUT2D eigenvalue weighted by atomic mass is 10.1. The molecule has 0 saturated carbocycles. The van der Waals surface area contributed by atoms with Crippen LogP contribution in [-0.2, 0) is 21.0 Å². The summed E-state index contributed by atoms with van der Waals surface area (Å²) in [6, 6.07) is 0.484. The first-order valence-corrected chi connectivity index (χ1v) is 7.88. The van der Waals surface area contributed by atoms with Crippen molar-refractivity contribution in [1.29, 1.82) is 0 Å². The van der Waals surface area contributed by atoms with E-state index in [4.69, 9.17) is 5.11 Å². The van der Waals surface area contributed by atoms with E-state index in [2.05, 4.69) is 4.74 Å². The summed E-state index contributed by atoms with van der Waals surface area (Å²) >= 11 is 0. The number of sulfonamides is 1. The molecule has 23 heavy (non-hydrogen) atoms. The smallest absolute Gasteiger partial charge is 0.416 e. The molecule has 10 heteroatoms. The number of ether oxygens (including phenoxy) is 1. The zero-order chi connectivity index (χ0) is 18.0. The number of hydrogen-bond acceptors (Lipinski definition) is 4. The highest BCUT2D eigenvalue weighted by Gasteiger charge is 2.34. The average molecular weight is 355 g/mol. The van der Waals surface area contributed by atoms with Gasteiger partial charge in [0.25, 0.3) is 0 Å². The Morgan fingerprint density at radius 1 is 1.26 bits per heavy atom. The van der Waals surface area contributed by atoms with Gasteiger partial charge in [0.2, 0.25) is 10.0 Å². The summed E-state index contributed by atoms with van der Waals surface area (Å²) in [6.07, 6.45) is -4.77. The normalized spacial score (nSPS) is 13.9. The molecule has 0 heterocycles. The monoisotopic (exact) mass is 355 g/mol. The molecular formula is C13H16F3NO5S. The lowest BCUT2D eigenvalue weighted by Crippen LogP contribution is -2.44. The molecule has 6 nitrogen and oxygen atoms in total. The van der Waals surface area contributed by atoms with E-state index in [0.29, 0.717) is 12.1 Å². The number of carboxylic acids is 1. The molecule has 1 rings (SSSR count). The van der Waals surface area contributed by atoms with E-state index in [-0.39, 0.29) is 5.75 Å². The Morgan fingerprint density at radius 3 is 2.22 bits per heavy atom. The second-order valence-electron chi connectivity index (χ2n) is 5.08. The molecule has 0 aliphatic rings. The summed E-state index contributed by atoms with van der Waals surface area (Å²) in [7, 11) is -3.38. The van der Waals surface area contributed by atoms with Gasteiger partial charge in [0, 0.05) is 6.07 Å². The Kier molecular flexibility index (Phi) is 5.65. The summed E-state index contributed by atoms with van der Waals surface area (Å²) in [4.78, 5) is 10.3. The molecule has 0 aliphatic heterocycles. The number of nitrogens with one attached hydrogen (secondary N) is 1. The number of carbonyl (C=O) groups is 1. The Hall–Kier alpha value is -1.81. The van der Waals surface area contributed by atoms with Gasteiger partial charge in [0.1, 0.15) is 11.8 Å². The summed E-state index contributed by atoms with van der Waals surface area (Å²) in [5.74, 6) is -2.34. The molecule has 0 spiro atoms. The average Bonchev–Trinajstić information content (AvgIpc) is 2.42. The van der Waals surface area contributed by atoms with Crippen molar-refractivity contribution in [2.24, 2.45) is 5.92 Å². The van der Waals surface area contributed by atoms with Crippen molar-refractivity contribution in [3.8, 4) is 5.75 Å². The predicted molar refractivity (Wildman–Crippen MR) is 74.6 cm³/mol. The van der Waals surface area contributed by atoms with Gasteiger partial charge in [-0.1, -0.05) is 13.8 Å². The quantitative estimate of drug-likeness (QED) is 0.815. The minimum Gasteiger partial charge on any atom is -0.497 e. The summed E-state index contributed by atoms with van der Waals surface area (Å²) in [5.41, 5.74) is -1.21. The van der Waals surface area contributed by atoms with Gasteiger partial charge in [-0.3, -0.25) is 4.79 Å². The maximum Gasteiger partial charge on any atom is 0.416 e. The van der Waals surface area contributed by atoms with Gasteiger partial charge < -0.3 is 9.84 Å². The van der Waals surface area contributed by atoms with Crippen LogP contribution in [0.4, 0.5) is 13.2 Å². The number of rotatable bonds is 6. The van der Waals surface area contributed by atoms with Gasteiger partial charge in [-0.25, -0.2) is 8.42 Å². The molecule has 0 saturated heterocycles. The number of alkyl halides is 3. The van der Waals surface area contributed by atoms with E-state index < -0.39 is 44.6 Å². The molecule has 2 N–H and O–H groups in total. The zero-order valence-electron chi connectivity index (χ0n) is 12.5. The SMILES string of the molecule is COc1cc(C(F)(F)F)cc(S(=O)(=O)N[C@H](C(=O)O)C(C)C)c1. The lowest BCUT2D eigenvalue weighted by Gasteiger charge is -2.19. The molecule has 0 aliphatic carbocycles. The van der Waals surface area contributed by atoms with Crippen LogP contribution >= 0.6 is 0 Å². The van der Waals surface area contributed by atoms with Crippen molar-refractivity contribution >= 4 is 16.0 Å². The van der Waals surface area contributed by atoms with Gasteiger partial charge in [0.05, 0.1) is 17.6 Å². The van der Waals surface area contributed by atoms with Crippen LogP contribution in [0.2, 0.25) is 0 Å². The van der Waals surface area contributed by atoms with E-state index in [1.807, 2.05) is 4.72 Å². The minimum absolute atomic E-state index is 0.309. The predicted octanol–water partition coefficient (Wildman–Crippen LogP) is 2.10. The highest BCUT2D eigenvalue weighted by molar-refractivity contribution is 7.89. The first kappa shape index (κ1) is 19.2. The van der Waals surface area contributed by atoms with E-state index >= 15 is 0 Å². The van der Waals surface area contributed by atoms with Gasteiger partial charge in [-0.2, -0.15) is 17.9 Å². The largest absolute Gasteiger partial charge is 0.497 e. The van der Waals surface area contributed by atoms with Gasteiger partial charge in [-0.15, -0.1) is 0 Å². The van der Waals surface area contributed by atoms with Crippen LogP contribution in [-0.4, -0.2) is 32.6 Å². The number of halogens is 3. The van der Waals surface area contributed by atoms with Crippen molar-refractivity contribution in [3.63, 3.8) is 0 Å². The van der Waals surface area contributed by atoms with E-state index in [9.17, 15) is 26.4 Å². The van der Waals surface area contributed by atoms with Crippen LogP contribution in [0.15, 0.2) is 23.1 Å². The summed E-state index contributed by atoms with van der Waals surface area (Å²) in [5, 5.41) is 9.01. The van der Waals surface area contributed by atoms with Gasteiger partial charge in [0.15, 0.2) is 0 Å². The fraction of sp³-hybridized carbons (Fsp3) is 0.462.